The molecule has 132 valence electrons. The van der Waals surface area contributed by atoms with E-state index in [1.54, 1.807) is 42.9 Å². The Hall–Kier alpha value is -3.65. The molecule has 4 rings (SSSR count). The van der Waals surface area contributed by atoms with Gasteiger partial charge in [0.15, 0.2) is 5.01 Å². The highest BCUT2D eigenvalue weighted by atomic mass is 32.1. The summed E-state index contributed by atoms with van der Waals surface area (Å²) in [5.74, 6) is 0.411. The molecule has 0 atom stereocenters. The first-order chi connectivity index (χ1) is 13.2. The maximum atomic E-state index is 12.7. The van der Waals surface area contributed by atoms with Crippen LogP contribution < -0.4 is 10.1 Å². The van der Waals surface area contributed by atoms with Crippen LogP contribution in [0.4, 0.5) is 11.5 Å². The van der Waals surface area contributed by atoms with Crippen molar-refractivity contribution in [1.29, 1.82) is 5.41 Å². The molecule has 4 aromatic rings. The number of anilines is 2. The maximum absolute atomic E-state index is 12.7. The summed E-state index contributed by atoms with van der Waals surface area (Å²) in [4.78, 5) is 21.1. The molecule has 0 saturated heterocycles. The Labute approximate surface area is 158 Å². The molecule has 0 radical (unpaired) electrons. The third-order valence-corrected chi connectivity index (χ3v) is 4.58. The molecule has 2 N–H and O–H groups in total. The number of carbonyl (C=O) groups is 1. The Bertz CT molecular complexity index is 1120. The number of aromatic nitrogens is 4. The second-order valence-electron chi connectivity index (χ2n) is 5.58. The summed E-state index contributed by atoms with van der Waals surface area (Å²) in [6.07, 6.45) is 4.82. The molecule has 0 spiro atoms. The molecule has 2 aromatic carbocycles. The highest BCUT2D eigenvalue weighted by Gasteiger charge is 2.16. The number of para-hydroxylation sites is 1. The number of nitrogens with zero attached hydrogens (tertiary/aromatic N) is 4. The van der Waals surface area contributed by atoms with E-state index in [-0.39, 0.29) is 15.6 Å². The summed E-state index contributed by atoms with van der Waals surface area (Å²) in [7, 11) is 0. The average molecular weight is 374 g/mol. The van der Waals surface area contributed by atoms with Crippen LogP contribution in [0.15, 0.2) is 73.2 Å². The molecule has 2 heterocycles. The minimum absolute atomic E-state index is 0.200. The standard InChI is InChI=1S/C19H14N6OS/c20-19-25(15-4-2-1-3-5-15)24-18(27-19)17(26)13-6-8-14(9-7-13)23-16-12-21-10-11-22-16/h1-12,20H,(H,22,23). The van der Waals surface area contributed by atoms with Crippen LogP contribution in [0.2, 0.25) is 0 Å². The maximum Gasteiger partial charge on any atom is 0.223 e. The van der Waals surface area contributed by atoms with Crippen LogP contribution in [0.3, 0.4) is 0 Å². The molecular formula is C19H14N6OS. The van der Waals surface area contributed by atoms with Gasteiger partial charge in [0, 0.05) is 23.6 Å². The van der Waals surface area contributed by atoms with Crippen molar-refractivity contribution in [3.8, 4) is 5.69 Å². The first kappa shape index (κ1) is 16.8. The van der Waals surface area contributed by atoms with Gasteiger partial charge in [0.25, 0.3) is 0 Å². The number of hydrogen-bond donors (Lipinski definition) is 2. The summed E-state index contributed by atoms with van der Waals surface area (Å²) in [6.45, 7) is 0. The van der Waals surface area contributed by atoms with E-state index in [0.29, 0.717) is 11.4 Å². The molecule has 0 unspecified atom stereocenters. The summed E-state index contributed by atoms with van der Waals surface area (Å²) in [5.41, 5.74) is 2.06. The van der Waals surface area contributed by atoms with Crippen LogP contribution in [0.25, 0.3) is 5.69 Å². The predicted octanol–water partition coefficient (Wildman–Crippen LogP) is 3.18. The Morgan fingerprint density at radius 1 is 1.04 bits per heavy atom. The molecule has 2 aromatic heterocycles. The lowest BCUT2D eigenvalue weighted by Crippen LogP contribution is -2.12. The van der Waals surface area contributed by atoms with Crippen molar-refractivity contribution < 1.29 is 4.79 Å². The molecule has 0 aliphatic rings. The molecule has 8 heteroatoms. The van der Waals surface area contributed by atoms with Crippen molar-refractivity contribution >= 4 is 28.6 Å². The van der Waals surface area contributed by atoms with Gasteiger partial charge in [-0.3, -0.25) is 15.2 Å². The molecule has 0 saturated carbocycles. The topological polar surface area (TPSA) is 96.6 Å². The van der Waals surface area contributed by atoms with E-state index in [2.05, 4.69) is 20.4 Å². The normalized spacial score (nSPS) is 10.5. The first-order valence-corrected chi connectivity index (χ1v) is 8.90. The lowest BCUT2D eigenvalue weighted by Gasteiger charge is -2.05. The third kappa shape index (κ3) is 3.65. The fourth-order valence-corrected chi connectivity index (χ4v) is 3.22. The van der Waals surface area contributed by atoms with Gasteiger partial charge in [0.2, 0.25) is 10.6 Å². The van der Waals surface area contributed by atoms with E-state index < -0.39 is 0 Å². The molecular weight excluding hydrogens is 360 g/mol. The number of nitrogens with one attached hydrogen (secondary N) is 2. The van der Waals surface area contributed by atoms with Crippen LogP contribution in [0.1, 0.15) is 15.4 Å². The van der Waals surface area contributed by atoms with E-state index in [1.165, 1.54) is 4.68 Å². The number of benzene rings is 2. The lowest BCUT2D eigenvalue weighted by molar-refractivity contribution is 0.103. The quantitative estimate of drug-likeness (QED) is 0.523. The van der Waals surface area contributed by atoms with E-state index in [4.69, 9.17) is 5.41 Å². The SMILES string of the molecule is N=c1sc(C(=O)c2ccc(Nc3cnccn3)cc2)nn1-c1ccccc1. The van der Waals surface area contributed by atoms with Gasteiger partial charge in [-0.15, -0.1) is 0 Å². The number of rotatable bonds is 5. The second-order valence-corrected chi connectivity index (χ2v) is 6.56. The molecule has 0 fully saturated rings. The average Bonchev–Trinajstić information content (AvgIpc) is 3.11. The number of carbonyl (C=O) groups excluding carboxylic acids is 1. The summed E-state index contributed by atoms with van der Waals surface area (Å²) in [6, 6.07) is 16.3. The van der Waals surface area contributed by atoms with Gasteiger partial charge in [-0.1, -0.05) is 29.5 Å². The van der Waals surface area contributed by atoms with E-state index in [9.17, 15) is 4.79 Å². The number of hydrogen-bond acceptors (Lipinski definition) is 7. The highest BCUT2D eigenvalue weighted by Crippen LogP contribution is 2.17. The van der Waals surface area contributed by atoms with Gasteiger partial charge in [-0.2, -0.15) is 5.10 Å². The molecule has 0 aliphatic carbocycles. The summed E-state index contributed by atoms with van der Waals surface area (Å²) in [5, 5.41) is 15.8. The van der Waals surface area contributed by atoms with Gasteiger partial charge in [0.1, 0.15) is 5.82 Å². The van der Waals surface area contributed by atoms with Crippen molar-refractivity contribution in [2.24, 2.45) is 0 Å². The summed E-state index contributed by atoms with van der Waals surface area (Å²) < 4.78 is 1.46. The Morgan fingerprint density at radius 3 is 2.52 bits per heavy atom. The van der Waals surface area contributed by atoms with Gasteiger partial charge in [-0.05, 0) is 36.4 Å². The monoisotopic (exact) mass is 374 g/mol. The van der Waals surface area contributed by atoms with Gasteiger partial charge < -0.3 is 5.32 Å². The van der Waals surface area contributed by atoms with Crippen LogP contribution in [0, 0.1) is 5.41 Å². The predicted molar refractivity (Wildman–Crippen MR) is 102 cm³/mol. The van der Waals surface area contributed by atoms with Crippen LogP contribution in [-0.2, 0) is 0 Å². The first-order valence-electron chi connectivity index (χ1n) is 8.09. The minimum Gasteiger partial charge on any atom is -0.339 e. The third-order valence-electron chi connectivity index (χ3n) is 3.75. The van der Waals surface area contributed by atoms with Gasteiger partial charge in [0.05, 0.1) is 11.9 Å². The number of ketones is 1. The molecule has 0 amide bonds. The molecule has 7 nitrogen and oxygen atoms in total. The van der Waals surface area contributed by atoms with Crippen molar-refractivity contribution in [1.82, 2.24) is 19.7 Å². The Kier molecular flexibility index (Phi) is 4.54. The summed E-state index contributed by atoms with van der Waals surface area (Å²) >= 11 is 1.05. The minimum atomic E-state index is -0.214. The van der Waals surface area contributed by atoms with Crippen LogP contribution in [-0.4, -0.2) is 25.5 Å². The zero-order valence-corrected chi connectivity index (χ0v) is 14.9. The zero-order chi connectivity index (χ0) is 18.6. The highest BCUT2D eigenvalue weighted by molar-refractivity contribution is 7.11. The van der Waals surface area contributed by atoms with Gasteiger partial charge >= 0.3 is 0 Å². The Morgan fingerprint density at radius 2 is 1.81 bits per heavy atom. The van der Waals surface area contributed by atoms with E-state index in [0.717, 1.165) is 22.7 Å². The Balaban J connectivity index is 1.56. The molecule has 0 bridgehead atoms. The fraction of sp³-hybridized carbons (Fsp3) is 0. The molecule has 27 heavy (non-hydrogen) atoms. The smallest absolute Gasteiger partial charge is 0.223 e. The van der Waals surface area contributed by atoms with Crippen molar-refractivity contribution in [3.63, 3.8) is 0 Å². The largest absolute Gasteiger partial charge is 0.339 e. The fourth-order valence-electron chi connectivity index (χ4n) is 2.47. The van der Waals surface area contributed by atoms with Crippen LogP contribution >= 0.6 is 11.3 Å². The zero-order valence-electron chi connectivity index (χ0n) is 14.0. The van der Waals surface area contributed by atoms with Crippen molar-refractivity contribution in [2.45, 2.75) is 0 Å². The van der Waals surface area contributed by atoms with Crippen LogP contribution in [0.5, 0.6) is 0 Å². The second kappa shape index (κ2) is 7.30. The van der Waals surface area contributed by atoms with E-state index in [1.807, 2.05) is 30.3 Å². The van der Waals surface area contributed by atoms with Gasteiger partial charge in [-0.25, -0.2) is 9.67 Å². The lowest BCUT2D eigenvalue weighted by atomic mass is 10.1. The molecule has 0 aliphatic heterocycles. The van der Waals surface area contributed by atoms with Crippen molar-refractivity contribution in [3.05, 3.63) is 88.6 Å². The van der Waals surface area contributed by atoms with Crippen molar-refractivity contribution in [2.75, 3.05) is 5.32 Å². The van der Waals surface area contributed by atoms with E-state index >= 15 is 0 Å².